The molecule has 114 valence electrons. The van der Waals surface area contributed by atoms with E-state index in [9.17, 15) is 4.79 Å². The molecule has 1 aromatic rings. The van der Waals surface area contributed by atoms with E-state index in [1.54, 1.807) is 7.11 Å². The SMILES string of the molecule is COc1cccc(N2CCN(C(=O)N3CCCC3)CC2)c1. The van der Waals surface area contributed by atoms with E-state index in [0.717, 1.165) is 57.9 Å². The van der Waals surface area contributed by atoms with Gasteiger partial charge in [-0.25, -0.2) is 4.79 Å². The minimum Gasteiger partial charge on any atom is -0.497 e. The van der Waals surface area contributed by atoms with E-state index in [1.165, 1.54) is 5.69 Å². The van der Waals surface area contributed by atoms with Crippen LogP contribution in [0.4, 0.5) is 10.5 Å². The van der Waals surface area contributed by atoms with Gasteiger partial charge in [-0.15, -0.1) is 0 Å². The van der Waals surface area contributed by atoms with Crippen LogP contribution in [0.2, 0.25) is 0 Å². The summed E-state index contributed by atoms with van der Waals surface area (Å²) in [6.45, 7) is 5.21. The summed E-state index contributed by atoms with van der Waals surface area (Å²) in [5.74, 6) is 0.878. The number of carbonyl (C=O) groups is 1. The maximum atomic E-state index is 12.4. The molecule has 0 atom stereocenters. The highest BCUT2D eigenvalue weighted by Gasteiger charge is 2.26. The second kappa shape index (κ2) is 6.24. The normalized spacial score (nSPS) is 19.0. The molecule has 2 aliphatic rings. The number of carbonyl (C=O) groups excluding carboxylic acids is 1. The van der Waals surface area contributed by atoms with Gasteiger partial charge in [-0.3, -0.25) is 0 Å². The standard InChI is InChI=1S/C16H23N3O2/c1-21-15-6-4-5-14(13-15)17-9-11-19(12-10-17)16(20)18-7-2-3-8-18/h4-6,13H,2-3,7-12H2,1H3. The summed E-state index contributed by atoms with van der Waals surface area (Å²) in [5.41, 5.74) is 1.17. The van der Waals surface area contributed by atoms with Crippen LogP contribution >= 0.6 is 0 Å². The lowest BCUT2D eigenvalue weighted by Gasteiger charge is -2.37. The average Bonchev–Trinajstić information content (AvgIpc) is 3.09. The first-order chi connectivity index (χ1) is 10.3. The lowest BCUT2D eigenvalue weighted by molar-refractivity contribution is 0.159. The van der Waals surface area contributed by atoms with Crippen LogP contribution in [-0.2, 0) is 0 Å². The zero-order valence-electron chi connectivity index (χ0n) is 12.6. The van der Waals surface area contributed by atoms with Gasteiger partial charge in [0.2, 0.25) is 0 Å². The molecule has 3 rings (SSSR count). The summed E-state index contributed by atoms with van der Waals surface area (Å²) < 4.78 is 5.27. The Balaban J connectivity index is 1.58. The third-order valence-corrected chi connectivity index (χ3v) is 4.35. The number of urea groups is 1. The van der Waals surface area contributed by atoms with E-state index >= 15 is 0 Å². The number of benzene rings is 1. The predicted octanol–water partition coefficient (Wildman–Crippen LogP) is 2.03. The molecule has 2 fully saturated rings. The Morgan fingerprint density at radius 2 is 1.67 bits per heavy atom. The van der Waals surface area contributed by atoms with Crippen LogP contribution in [0, 0.1) is 0 Å². The van der Waals surface area contributed by atoms with Crippen molar-refractivity contribution < 1.29 is 9.53 Å². The van der Waals surface area contributed by atoms with Crippen LogP contribution < -0.4 is 9.64 Å². The summed E-state index contributed by atoms with van der Waals surface area (Å²) in [6, 6.07) is 8.34. The van der Waals surface area contributed by atoms with Crippen molar-refractivity contribution >= 4 is 11.7 Å². The molecular formula is C16H23N3O2. The number of piperazine rings is 1. The van der Waals surface area contributed by atoms with Crippen molar-refractivity contribution in [2.24, 2.45) is 0 Å². The quantitative estimate of drug-likeness (QED) is 0.836. The molecule has 1 aromatic carbocycles. The molecule has 21 heavy (non-hydrogen) atoms. The van der Waals surface area contributed by atoms with Crippen LogP contribution in [-0.4, -0.2) is 62.2 Å². The molecule has 0 spiro atoms. The van der Waals surface area contributed by atoms with Crippen molar-refractivity contribution in [1.82, 2.24) is 9.80 Å². The van der Waals surface area contributed by atoms with E-state index in [-0.39, 0.29) is 6.03 Å². The summed E-state index contributed by atoms with van der Waals surface area (Å²) in [7, 11) is 1.69. The van der Waals surface area contributed by atoms with Gasteiger partial charge in [0.15, 0.2) is 0 Å². The van der Waals surface area contributed by atoms with Gasteiger partial charge in [0.1, 0.15) is 5.75 Å². The molecule has 2 aliphatic heterocycles. The van der Waals surface area contributed by atoms with Crippen molar-refractivity contribution in [3.8, 4) is 5.75 Å². The Hall–Kier alpha value is -1.91. The lowest BCUT2D eigenvalue weighted by Crippen LogP contribution is -2.52. The zero-order chi connectivity index (χ0) is 14.7. The minimum absolute atomic E-state index is 0.220. The number of ether oxygens (including phenoxy) is 1. The molecule has 0 saturated carbocycles. The molecule has 5 nitrogen and oxygen atoms in total. The van der Waals surface area contributed by atoms with Crippen LogP contribution in [0.1, 0.15) is 12.8 Å². The van der Waals surface area contributed by atoms with E-state index in [0.29, 0.717) is 0 Å². The van der Waals surface area contributed by atoms with Gasteiger partial charge < -0.3 is 19.4 Å². The highest BCUT2D eigenvalue weighted by atomic mass is 16.5. The topological polar surface area (TPSA) is 36.0 Å². The number of anilines is 1. The number of likely N-dealkylation sites (tertiary alicyclic amines) is 1. The van der Waals surface area contributed by atoms with Gasteiger partial charge in [-0.1, -0.05) is 6.07 Å². The number of amides is 2. The number of hydrogen-bond acceptors (Lipinski definition) is 3. The highest BCUT2D eigenvalue weighted by Crippen LogP contribution is 2.22. The second-order valence-electron chi connectivity index (χ2n) is 5.65. The van der Waals surface area contributed by atoms with Gasteiger partial charge in [0.05, 0.1) is 7.11 Å². The summed E-state index contributed by atoms with van der Waals surface area (Å²) >= 11 is 0. The molecule has 2 saturated heterocycles. The van der Waals surface area contributed by atoms with Crippen molar-refractivity contribution in [2.75, 3.05) is 51.3 Å². The third kappa shape index (κ3) is 3.06. The fraction of sp³-hybridized carbons (Fsp3) is 0.562. The first kappa shape index (κ1) is 14.0. The number of hydrogen-bond donors (Lipinski definition) is 0. The Kier molecular flexibility index (Phi) is 4.18. The highest BCUT2D eigenvalue weighted by molar-refractivity contribution is 5.75. The third-order valence-electron chi connectivity index (χ3n) is 4.35. The Labute approximate surface area is 126 Å². The smallest absolute Gasteiger partial charge is 0.320 e. The summed E-state index contributed by atoms with van der Waals surface area (Å²) in [6.07, 6.45) is 2.30. The second-order valence-corrected chi connectivity index (χ2v) is 5.65. The van der Waals surface area contributed by atoms with Gasteiger partial charge in [0, 0.05) is 51.0 Å². The number of nitrogens with zero attached hydrogens (tertiary/aromatic N) is 3. The number of rotatable bonds is 2. The molecule has 0 unspecified atom stereocenters. The van der Waals surface area contributed by atoms with Crippen LogP contribution in [0.5, 0.6) is 5.75 Å². The molecule has 2 heterocycles. The molecule has 0 aliphatic carbocycles. The van der Waals surface area contributed by atoms with Crippen molar-refractivity contribution in [3.63, 3.8) is 0 Å². The molecule has 0 N–H and O–H groups in total. The maximum Gasteiger partial charge on any atom is 0.320 e. The van der Waals surface area contributed by atoms with Crippen molar-refractivity contribution in [3.05, 3.63) is 24.3 Å². The molecule has 5 heteroatoms. The first-order valence-electron chi connectivity index (χ1n) is 7.71. The van der Waals surface area contributed by atoms with E-state index in [4.69, 9.17) is 4.74 Å². The molecule has 0 aromatic heterocycles. The van der Waals surface area contributed by atoms with Gasteiger partial charge in [0.25, 0.3) is 0 Å². The molecule has 2 amide bonds. The molecule has 0 radical (unpaired) electrons. The van der Waals surface area contributed by atoms with Crippen LogP contribution in [0.25, 0.3) is 0 Å². The fourth-order valence-corrected chi connectivity index (χ4v) is 3.07. The van der Waals surface area contributed by atoms with Crippen molar-refractivity contribution in [1.29, 1.82) is 0 Å². The van der Waals surface area contributed by atoms with Crippen LogP contribution in [0.3, 0.4) is 0 Å². The van der Waals surface area contributed by atoms with E-state index < -0.39 is 0 Å². The summed E-state index contributed by atoms with van der Waals surface area (Å²) in [4.78, 5) is 18.6. The van der Waals surface area contributed by atoms with Gasteiger partial charge in [-0.2, -0.15) is 0 Å². The summed E-state index contributed by atoms with van der Waals surface area (Å²) in [5, 5.41) is 0. The first-order valence-corrected chi connectivity index (χ1v) is 7.71. The van der Waals surface area contributed by atoms with E-state index in [1.807, 2.05) is 21.9 Å². The molecule has 0 bridgehead atoms. The monoisotopic (exact) mass is 289 g/mol. The Bertz CT molecular complexity index is 492. The minimum atomic E-state index is 0.220. The maximum absolute atomic E-state index is 12.4. The predicted molar refractivity (Wildman–Crippen MR) is 83.0 cm³/mol. The average molecular weight is 289 g/mol. The Morgan fingerprint density at radius 1 is 1.00 bits per heavy atom. The zero-order valence-corrected chi connectivity index (χ0v) is 12.6. The fourth-order valence-electron chi connectivity index (χ4n) is 3.07. The molecular weight excluding hydrogens is 266 g/mol. The Morgan fingerprint density at radius 3 is 2.33 bits per heavy atom. The van der Waals surface area contributed by atoms with E-state index in [2.05, 4.69) is 17.0 Å². The largest absolute Gasteiger partial charge is 0.497 e. The lowest BCUT2D eigenvalue weighted by atomic mass is 10.2. The van der Waals surface area contributed by atoms with Gasteiger partial charge >= 0.3 is 6.03 Å². The van der Waals surface area contributed by atoms with Crippen LogP contribution in [0.15, 0.2) is 24.3 Å². The number of methoxy groups -OCH3 is 1. The van der Waals surface area contributed by atoms with Crippen molar-refractivity contribution in [2.45, 2.75) is 12.8 Å². The van der Waals surface area contributed by atoms with Gasteiger partial charge in [-0.05, 0) is 25.0 Å².